The van der Waals surface area contributed by atoms with Crippen LogP contribution in [0.2, 0.25) is 0 Å². The monoisotopic (exact) mass is 397 g/mol. The van der Waals surface area contributed by atoms with Gasteiger partial charge in [0.05, 0.1) is 18.6 Å². The first kappa shape index (κ1) is 19.9. The molecule has 2 aromatic rings. The molecule has 2 aliphatic heterocycles. The van der Waals surface area contributed by atoms with E-state index in [1.54, 1.807) is 7.11 Å². The van der Waals surface area contributed by atoms with Crippen LogP contribution < -0.4 is 10.2 Å². The fourth-order valence-electron chi connectivity index (χ4n) is 4.52. The highest BCUT2D eigenvalue weighted by Crippen LogP contribution is 2.36. The summed E-state index contributed by atoms with van der Waals surface area (Å²) in [7, 11) is 1.64. The maximum atomic E-state index is 13.2. The molecule has 1 saturated heterocycles. The predicted octanol–water partition coefficient (Wildman–Crippen LogP) is 2.45. The van der Waals surface area contributed by atoms with E-state index in [4.69, 9.17) is 4.74 Å². The van der Waals surface area contributed by atoms with Gasteiger partial charge in [0.2, 0.25) is 5.91 Å². The van der Waals surface area contributed by atoms with Crippen molar-refractivity contribution >= 4 is 11.6 Å². The van der Waals surface area contributed by atoms with Crippen molar-refractivity contribution in [1.82, 2.24) is 10.2 Å². The minimum atomic E-state index is -0.213. The van der Waals surface area contributed by atoms with E-state index in [1.807, 2.05) is 18.2 Å². The van der Waals surface area contributed by atoms with Crippen LogP contribution in [0.3, 0.4) is 0 Å². The zero-order valence-corrected chi connectivity index (χ0v) is 16.8. The number of hydrogen-bond acceptors (Lipinski definition) is 4. The van der Waals surface area contributed by atoms with E-state index in [0.717, 1.165) is 38.2 Å². The van der Waals surface area contributed by atoms with Crippen LogP contribution in [0.15, 0.2) is 48.5 Å². The predicted molar refractivity (Wildman–Crippen MR) is 111 cm³/mol. The summed E-state index contributed by atoms with van der Waals surface area (Å²) in [5.74, 6) is -0.219. The van der Waals surface area contributed by atoms with Crippen molar-refractivity contribution in [3.8, 4) is 0 Å². The smallest absolute Gasteiger partial charge is 0.225 e. The van der Waals surface area contributed by atoms with Gasteiger partial charge in [-0.05, 0) is 35.7 Å². The number of piperazine rings is 1. The molecule has 5 nitrogen and oxygen atoms in total. The molecule has 2 atom stereocenters. The molecule has 0 unspecified atom stereocenters. The summed E-state index contributed by atoms with van der Waals surface area (Å²) in [5.41, 5.74) is 3.58. The van der Waals surface area contributed by atoms with Gasteiger partial charge in [-0.15, -0.1) is 0 Å². The van der Waals surface area contributed by atoms with E-state index < -0.39 is 0 Å². The average molecular weight is 397 g/mol. The minimum Gasteiger partial charge on any atom is -0.383 e. The fourth-order valence-corrected chi connectivity index (χ4v) is 4.52. The second-order valence-electron chi connectivity index (χ2n) is 7.85. The topological polar surface area (TPSA) is 44.8 Å². The number of benzene rings is 2. The molecular weight excluding hydrogens is 369 g/mol. The molecule has 1 fully saturated rings. The Hall–Kier alpha value is -2.44. The summed E-state index contributed by atoms with van der Waals surface area (Å²) in [5, 5.41) is 3.04. The highest BCUT2D eigenvalue weighted by atomic mass is 19.1. The van der Waals surface area contributed by atoms with Gasteiger partial charge in [0, 0.05) is 45.5 Å². The number of nitrogens with zero attached hydrogens (tertiary/aromatic N) is 2. The number of methoxy groups -OCH3 is 1. The molecule has 0 aliphatic carbocycles. The van der Waals surface area contributed by atoms with Gasteiger partial charge >= 0.3 is 0 Å². The number of anilines is 1. The lowest BCUT2D eigenvalue weighted by Crippen LogP contribution is -2.61. The Morgan fingerprint density at radius 3 is 2.76 bits per heavy atom. The molecule has 0 bridgehead atoms. The Morgan fingerprint density at radius 2 is 1.97 bits per heavy atom. The third kappa shape index (κ3) is 4.43. The zero-order valence-electron chi connectivity index (χ0n) is 16.8. The van der Waals surface area contributed by atoms with Crippen molar-refractivity contribution in [2.45, 2.75) is 19.0 Å². The number of nitrogens with one attached hydrogen (secondary N) is 1. The van der Waals surface area contributed by atoms with Crippen LogP contribution in [0.5, 0.6) is 0 Å². The summed E-state index contributed by atoms with van der Waals surface area (Å²) in [6, 6.07) is 15.2. The molecule has 6 heteroatoms. The summed E-state index contributed by atoms with van der Waals surface area (Å²) < 4.78 is 18.3. The van der Waals surface area contributed by atoms with Gasteiger partial charge < -0.3 is 15.0 Å². The first-order valence-electron chi connectivity index (χ1n) is 10.2. The number of amides is 1. The van der Waals surface area contributed by atoms with Gasteiger partial charge in [-0.3, -0.25) is 9.69 Å². The first-order chi connectivity index (χ1) is 14.2. The number of ether oxygens (including phenoxy) is 1. The van der Waals surface area contributed by atoms with Crippen molar-refractivity contribution in [3.63, 3.8) is 0 Å². The largest absolute Gasteiger partial charge is 0.383 e. The van der Waals surface area contributed by atoms with Crippen LogP contribution in [0, 0.1) is 11.7 Å². The Kier molecular flexibility index (Phi) is 6.11. The molecule has 4 rings (SSSR count). The summed E-state index contributed by atoms with van der Waals surface area (Å²) in [6.07, 6.45) is 0.751. The molecule has 1 N–H and O–H groups in total. The molecule has 2 aromatic carbocycles. The number of rotatable bonds is 6. The molecule has 2 heterocycles. The maximum absolute atomic E-state index is 13.2. The molecule has 154 valence electrons. The Balaban J connectivity index is 1.52. The van der Waals surface area contributed by atoms with Crippen molar-refractivity contribution in [2.24, 2.45) is 5.92 Å². The molecule has 0 aromatic heterocycles. The van der Waals surface area contributed by atoms with E-state index in [1.165, 1.54) is 23.4 Å². The Labute approximate surface area is 171 Å². The standard InChI is InChI=1S/C23H28FN3O2/c1-29-13-10-25-23(28)20-14-18-4-2-3-5-21(18)27-12-11-26(16-22(20)27)15-17-6-8-19(24)9-7-17/h2-9,20,22H,10-16H2,1H3,(H,25,28)/t20-,22+/m0/s1. The average Bonchev–Trinajstić information content (AvgIpc) is 2.75. The number of carbonyl (C=O) groups is 1. The fraction of sp³-hybridized carbons (Fsp3) is 0.435. The number of halogens is 1. The van der Waals surface area contributed by atoms with Crippen LogP contribution in [0.4, 0.5) is 10.1 Å². The molecule has 0 saturated carbocycles. The third-order valence-corrected chi connectivity index (χ3v) is 5.97. The van der Waals surface area contributed by atoms with Crippen LogP contribution in [-0.2, 0) is 22.5 Å². The summed E-state index contributed by atoms with van der Waals surface area (Å²) in [4.78, 5) is 17.8. The van der Waals surface area contributed by atoms with Crippen LogP contribution in [0.1, 0.15) is 11.1 Å². The van der Waals surface area contributed by atoms with Crippen LogP contribution in [0.25, 0.3) is 0 Å². The van der Waals surface area contributed by atoms with Gasteiger partial charge in [0.1, 0.15) is 5.82 Å². The van der Waals surface area contributed by atoms with Gasteiger partial charge in [0.25, 0.3) is 0 Å². The lowest BCUT2D eigenvalue weighted by atomic mass is 9.83. The van der Waals surface area contributed by atoms with Crippen molar-refractivity contribution in [2.75, 3.05) is 44.8 Å². The summed E-state index contributed by atoms with van der Waals surface area (Å²) >= 11 is 0. The number of para-hydroxylation sites is 1. The number of hydrogen-bond donors (Lipinski definition) is 1. The van der Waals surface area contributed by atoms with E-state index >= 15 is 0 Å². The summed E-state index contributed by atoms with van der Waals surface area (Å²) in [6.45, 7) is 4.42. The highest BCUT2D eigenvalue weighted by Gasteiger charge is 2.41. The molecule has 0 spiro atoms. The second kappa shape index (κ2) is 8.93. The molecule has 0 radical (unpaired) electrons. The lowest BCUT2D eigenvalue weighted by molar-refractivity contribution is -0.126. The zero-order chi connectivity index (χ0) is 20.2. The number of fused-ring (bicyclic) bond motifs is 3. The van der Waals surface area contributed by atoms with E-state index in [9.17, 15) is 9.18 Å². The minimum absolute atomic E-state index is 0.0928. The SMILES string of the molecule is COCCNC(=O)[C@H]1Cc2ccccc2N2CCN(Cc3ccc(F)cc3)C[C@H]12. The van der Waals surface area contributed by atoms with Gasteiger partial charge in [-0.2, -0.15) is 0 Å². The van der Waals surface area contributed by atoms with E-state index in [-0.39, 0.29) is 23.7 Å². The Bertz CT molecular complexity index is 842. The highest BCUT2D eigenvalue weighted by molar-refractivity contribution is 5.82. The number of carbonyl (C=O) groups excluding carboxylic acids is 1. The first-order valence-corrected chi connectivity index (χ1v) is 10.2. The Morgan fingerprint density at radius 1 is 1.17 bits per heavy atom. The molecule has 29 heavy (non-hydrogen) atoms. The molecule has 1 amide bonds. The van der Waals surface area contributed by atoms with Crippen molar-refractivity contribution < 1.29 is 13.9 Å². The van der Waals surface area contributed by atoms with Crippen LogP contribution in [-0.4, -0.2) is 56.7 Å². The third-order valence-electron chi connectivity index (χ3n) is 5.97. The van der Waals surface area contributed by atoms with E-state index in [0.29, 0.717) is 13.2 Å². The van der Waals surface area contributed by atoms with Gasteiger partial charge in [-0.1, -0.05) is 30.3 Å². The van der Waals surface area contributed by atoms with Crippen molar-refractivity contribution in [3.05, 3.63) is 65.5 Å². The second-order valence-corrected chi connectivity index (χ2v) is 7.85. The molecular formula is C23H28FN3O2. The van der Waals surface area contributed by atoms with E-state index in [2.05, 4.69) is 33.3 Å². The molecule has 2 aliphatic rings. The maximum Gasteiger partial charge on any atom is 0.225 e. The van der Waals surface area contributed by atoms with Crippen LogP contribution >= 0.6 is 0 Å². The van der Waals surface area contributed by atoms with Gasteiger partial charge in [0.15, 0.2) is 0 Å². The van der Waals surface area contributed by atoms with Gasteiger partial charge in [-0.25, -0.2) is 4.39 Å². The lowest BCUT2D eigenvalue weighted by Gasteiger charge is -2.49. The quantitative estimate of drug-likeness (QED) is 0.761. The normalized spacial score (nSPS) is 21.4. The van der Waals surface area contributed by atoms with Crippen molar-refractivity contribution in [1.29, 1.82) is 0 Å².